The lowest BCUT2D eigenvalue weighted by molar-refractivity contribution is 0.0943. The third-order valence-electron chi connectivity index (χ3n) is 5.21. The standard InChI is InChI=1S/C25H31FN6O3/c1-2-27-24(33)19-10-11-22(23(17-19)35-16-8-4-3-6-13-26)32-18-21(30-31-32)25(34)29-15-12-20-9-5-7-14-28-20/h5,7,9-11,14,17-18H,2-4,6,8,12-13,15-16H2,1H3,(H,27,33)(H,29,34). The minimum absolute atomic E-state index is 0.163. The van der Waals surface area contributed by atoms with Crippen molar-refractivity contribution in [3.63, 3.8) is 0 Å². The van der Waals surface area contributed by atoms with Gasteiger partial charge in [-0.25, -0.2) is 4.68 Å². The fraction of sp³-hybridized carbons (Fsp3) is 0.400. The number of hydrogen-bond acceptors (Lipinski definition) is 6. The fourth-order valence-electron chi connectivity index (χ4n) is 3.38. The Hall–Kier alpha value is -3.82. The highest BCUT2D eigenvalue weighted by Crippen LogP contribution is 2.25. The van der Waals surface area contributed by atoms with Gasteiger partial charge in [0.15, 0.2) is 5.69 Å². The third kappa shape index (κ3) is 7.87. The average molecular weight is 483 g/mol. The summed E-state index contributed by atoms with van der Waals surface area (Å²) in [6.07, 6.45) is 6.78. The Kier molecular flexibility index (Phi) is 10.2. The topological polar surface area (TPSA) is 111 Å². The summed E-state index contributed by atoms with van der Waals surface area (Å²) in [4.78, 5) is 29.0. The average Bonchev–Trinajstić information content (AvgIpc) is 3.37. The number of halogens is 1. The zero-order valence-electron chi connectivity index (χ0n) is 19.9. The number of nitrogens with zero attached hydrogens (tertiary/aromatic N) is 4. The molecule has 10 heteroatoms. The van der Waals surface area contributed by atoms with Gasteiger partial charge in [0.2, 0.25) is 0 Å². The molecule has 2 amide bonds. The number of amides is 2. The second kappa shape index (κ2) is 13.8. The van der Waals surface area contributed by atoms with Crippen molar-refractivity contribution in [2.45, 2.75) is 39.0 Å². The number of ether oxygens (including phenoxy) is 1. The first kappa shape index (κ1) is 25.8. The van der Waals surface area contributed by atoms with Gasteiger partial charge in [-0.05, 0) is 56.5 Å². The summed E-state index contributed by atoms with van der Waals surface area (Å²) >= 11 is 0. The minimum Gasteiger partial charge on any atom is -0.491 e. The van der Waals surface area contributed by atoms with E-state index in [2.05, 4.69) is 25.9 Å². The predicted molar refractivity (Wildman–Crippen MR) is 130 cm³/mol. The number of rotatable bonds is 14. The van der Waals surface area contributed by atoms with Gasteiger partial charge in [0.05, 0.1) is 19.5 Å². The van der Waals surface area contributed by atoms with E-state index in [1.54, 1.807) is 24.4 Å². The number of hydrogen-bond donors (Lipinski definition) is 2. The van der Waals surface area contributed by atoms with Crippen molar-refractivity contribution in [1.29, 1.82) is 0 Å². The van der Waals surface area contributed by atoms with Gasteiger partial charge in [0, 0.05) is 37.0 Å². The number of nitrogens with one attached hydrogen (secondary N) is 2. The van der Waals surface area contributed by atoms with Crippen molar-refractivity contribution in [3.05, 3.63) is 65.7 Å². The molecule has 0 unspecified atom stereocenters. The maximum absolute atomic E-state index is 12.5. The molecular weight excluding hydrogens is 451 g/mol. The number of carbonyl (C=O) groups is 2. The van der Waals surface area contributed by atoms with Crippen LogP contribution in [0.1, 0.15) is 59.1 Å². The number of alkyl halides is 1. The first-order chi connectivity index (χ1) is 17.1. The van der Waals surface area contributed by atoms with Crippen LogP contribution in [-0.4, -0.2) is 58.2 Å². The predicted octanol–water partition coefficient (Wildman–Crippen LogP) is 3.29. The van der Waals surface area contributed by atoms with Crippen LogP contribution in [0.15, 0.2) is 48.8 Å². The first-order valence-corrected chi connectivity index (χ1v) is 11.8. The number of unbranched alkanes of at least 4 members (excludes halogenated alkanes) is 3. The molecule has 2 aromatic heterocycles. The van der Waals surface area contributed by atoms with Crippen molar-refractivity contribution in [1.82, 2.24) is 30.6 Å². The molecule has 0 atom stereocenters. The molecule has 2 heterocycles. The van der Waals surface area contributed by atoms with Gasteiger partial charge in [0.1, 0.15) is 11.4 Å². The largest absolute Gasteiger partial charge is 0.491 e. The van der Waals surface area contributed by atoms with Gasteiger partial charge in [0.25, 0.3) is 11.8 Å². The Balaban J connectivity index is 1.68. The van der Waals surface area contributed by atoms with E-state index in [0.717, 1.165) is 25.0 Å². The van der Waals surface area contributed by atoms with Crippen molar-refractivity contribution in [2.75, 3.05) is 26.4 Å². The Morgan fingerprint density at radius 1 is 1.06 bits per heavy atom. The third-order valence-corrected chi connectivity index (χ3v) is 5.21. The Morgan fingerprint density at radius 3 is 2.69 bits per heavy atom. The van der Waals surface area contributed by atoms with Crippen LogP contribution in [-0.2, 0) is 6.42 Å². The van der Waals surface area contributed by atoms with Crippen molar-refractivity contribution < 1.29 is 18.7 Å². The zero-order valence-corrected chi connectivity index (χ0v) is 19.9. The number of carbonyl (C=O) groups excluding carboxylic acids is 2. The second-order valence-electron chi connectivity index (χ2n) is 7.87. The lowest BCUT2D eigenvalue weighted by Crippen LogP contribution is -2.26. The van der Waals surface area contributed by atoms with Crippen LogP contribution >= 0.6 is 0 Å². The van der Waals surface area contributed by atoms with E-state index in [-0.39, 0.29) is 24.2 Å². The summed E-state index contributed by atoms with van der Waals surface area (Å²) in [5, 5.41) is 13.7. The minimum atomic E-state index is -0.346. The highest BCUT2D eigenvalue weighted by Gasteiger charge is 2.16. The van der Waals surface area contributed by atoms with Gasteiger partial charge in [-0.15, -0.1) is 5.10 Å². The molecule has 3 rings (SSSR count). The quantitative estimate of drug-likeness (QED) is 0.341. The number of pyridine rings is 1. The maximum atomic E-state index is 12.5. The van der Waals surface area contributed by atoms with Crippen LogP contribution in [0.2, 0.25) is 0 Å². The molecule has 0 fully saturated rings. The Bertz CT molecular complexity index is 1090. The summed E-state index contributed by atoms with van der Waals surface area (Å²) in [5.74, 6) is -0.105. The van der Waals surface area contributed by atoms with Gasteiger partial charge in [-0.2, -0.15) is 0 Å². The van der Waals surface area contributed by atoms with Crippen LogP contribution in [0.3, 0.4) is 0 Å². The lowest BCUT2D eigenvalue weighted by Gasteiger charge is -2.13. The van der Waals surface area contributed by atoms with Gasteiger partial charge in [-0.3, -0.25) is 19.0 Å². The van der Waals surface area contributed by atoms with E-state index in [4.69, 9.17) is 4.74 Å². The van der Waals surface area contributed by atoms with Crippen LogP contribution in [0.25, 0.3) is 5.69 Å². The smallest absolute Gasteiger partial charge is 0.273 e. The summed E-state index contributed by atoms with van der Waals surface area (Å²) in [5.41, 5.74) is 2.06. The molecule has 2 N–H and O–H groups in total. The van der Waals surface area contributed by atoms with Gasteiger partial charge in [-0.1, -0.05) is 17.7 Å². The van der Waals surface area contributed by atoms with Crippen molar-refractivity contribution in [2.24, 2.45) is 0 Å². The molecule has 0 aliphatic carbocycles. The normalized spacial score (nSPS) is 10.7. The van der Waals surface area contributed by atoms with Gasteiger partial charge >= 0.3 is 0 Å². The highest BCUT2D eigenvalue weighted by molar-refractivity contribution is 5.95. The molecule has 0 saturated heterocycles. The lowest BCUT2D eigenvalue weighted by atomic mass is 10.1. The molecule has 0 bridgehead atoms. The van der Waals surface area contributed by atoms with E-state index in [9.17, 15) is 14.0 Å². The molecule has 0 radical (unpaired) electrons. The van der Waals surface area contributed by atoms with Crippen molar-refractivity contribution >= 4 is 11.8 Å². The second-order valence-corrected chi connectivity index (χ2v) is 7.87. The molecule has 186 valence electrons. The molecule has 0 aliphatic rings. The van der Waals surface area contributed by atoms with Crippen LogP contribution in [0, 0.1) is 0 Å². The van der Waals surface area contributed by atoms with E-state index in [1.165, 1.54) is 10.9 Å². The van der Waals surface area contributed by atoms with Gasteiger partial charge < -0.3 is 15.4 Å². The summed E-state index contributed by atoms with van der Waals surface area (Å²) in [6.45, 7) is 2.87. The molecule has 0 spiro atoms. The molecule has 1 aromatic carbocycles. The summed E-state index contributed by atoms with van der Waals surface area (Å²) < 4.78 is 19.7. The summed E-state index contributed by atoms with van der Waals surface area (Å²) in [6, 6.07) is 10.7. The zero-order chi connectivity index (χ0) is 24.9. The Morgan fingerprint density at radius 2 is 1.91 bits per heavy atom. The molecule has 9 nitrogen and oxygen atoms in total. The van der Waals surface area contributed by atoms with Crippen molar-refractivity contribution in [3.8, 4) is 11.4 Å². The van der Waals surface area contributed by atoms with Crippen LogP contribution < -0.4 is 15.4 Å². The molecule has 3 aromatic rings. The summed E-state index contributed by atoms with van der Waals surface area (Å²) in [7, 11) is 0. The SMILES string of the molecule is CCNC(=O)c1ccc(-n2cc(C(=O)NCCc3ccccn3)nn2)c(OCCCCCCF)c1. The molecular formula is C25H31FN6O3. The van der Waals surface area contributed by atoms with E-state index < -0.39 is 0 Å². The van der Waals surface area contributed by atoms with Crippen LogP contribution in [0.5, 0.6) is 5.75 Å². The molecule has 35 heavy (non-hydrogen) atoms. The molecule has 0 aliphatic heterocycles. The number of aromatic nitrogens is 4. The van der Waals surface area contributed by atoms with E-state index in [0.29, 0.717) is 49.5 Å². The fourth-order valence-corrected chi connectivity index (χ4v) is 3.38. The Labute approximate surface area is 204 Å². The van der Waals surface area contributed by atoms with E-state index >= 15 is 0 Å². The van der Waals surface area contributed by atoms with Crippen LogP contribution in [0.4, 0.5) is 4.39 Å². The first-order valence-electron chi connectivity index (χ1n) is 11.8. The monoisotopic (exact) mass is 482 g/mol. The highest BCUT2D eigenvalue weighted by atomic mass is 19.1. The van der Waals surface area contributed by atoms with E-state index in [1.807, 2.05) is 25.1 Å². The number of benzene rings is 1. The maximum Gasteiger partial charge on any atom is 0.273 e. The molecule has 0 saturated carbocycles.